The van der Waals surface area contributed by atoms with Crippen LogP contribution in [-0.4, -0.2) is 36.6 Å². The fourth-order valence-corrected chi connectivity index (χ4v) is 2.10. The Labute approximate surface area is 94.7 Å². The highest BCUT2D eigenvalue weighted by Crippen LogP contribution is 2.13. The number of hydrogen-bond acceptors (Lipinski definition) is 2. The van der Waals surface area contributed by atoms with Crippen LogP contribution in [0.3, 0.4) is 0 Å². The summed E-state index contributed by atoms with van der Waals surface area (Å²) < 4.78 is 0. The fraction of sp³-hybridized carbons (Fsp3) is 0.846. The predicted octanol–water partition coefficient (Wildman–Crippen LogP) is 2.27. The van der Waals surface area contributed by atoms with Crippen LogP contribution in [0.5, 0.6) is 0 Å². The molecule has 2 heteroatoms. The average molecular weight is 210 g/mol. The first kappa shape index (κ1) is 12.7. The van der Waals surface area contributed by atoms with Gasteiger partial charge < -0.3 is 5.32 Å². The zero-order valence-electron chi connectivity index (χ0n) is 10.7. The Hall–Kier alpha value is -0.340. The molecule has 1 atom stereocenters. The third-order valence-electron chi connectivity index (χ3n) is 3.06. The van der Waals surface area contributed by atoms with E-state index >= 15 is 0 Å². The van der Waals surface area contributed by atoms with E-state index in [1.165, 1.54) is 13.0 Å². The maximum atomic E-state index is 3.56. The van der Waals surface area contributed by atoms with Gasteiger partial charge in [-0.05, 0) is 12.3 Å². The Kier molecular flexibility index (Phi) is 5.34. The van der Waals surface area contributed by atoms with Crippen molar-refractivity contribution in [3.63, 3.8) is 0 Å². The molecule has 88 valence electrons. The number of hydrogen-bond donors (Lipinski definition) is 1. The maximum Gasteiger partial charge on any atom is 0.0247 e. The molecule has 1 unspecified atom stereocenters. The van der Waals surface area contributed by atoms with E-state index in [9.17, 15) is 0 Å². The van der Waals surface area contributed by atoms with E-state index in [1.54, 1.807) is 0 Å². The second-order valence-corrected chi connectivity index (χ2v) is 5.13. The number of nitrogens with zero attached hydrogens (tertiary/aromatic N) is 1. The molecule has 0 aromatic rings. The summed E-state index contributed by atoms with van der Waals surface area (Å²) in [4.78, 5) is 2.60. The quantitative estimate of drug-likeness (QED) is 0.700. The zero-order valence-corrected chi connectivity index (χ0v) is 10.7. The van der Waals surface area contributed by atoms with Crippen LogP contribution in [0.2, 0.25) is 0 Å². The van der Waals surface area contributed by atoms with Crippen molar-refractivity contribution < 1.29 is 0 Å². The smallest absolute Gasteiger partial charge is 0.0247 e. The first-order chi connectivity index (χ1) is 7.11. The van der Waals surface area contributed by atoms with E-state index in [0.29, 0.717) is 12.1 Å². The van der Waals surface area contributed by atoms with Crippen LogP contribution in [0.4, 0.5) is 0 Å². The van der Waals surface area contributed by atoms with E-state index in [4.69, 9.17) is 0 Å². The van der Waals surface area contributed by atoms with Gasteiger partial charge in [0.1, 0.15) is 0 Å². The van der Waals surface area contributed by atoms with Gasteiger partial charge in [-0.3, -0.25) is 4.90 Å². The topological polar surface area (TPSA) is 15.3 Å². The van der Waals surface area contributed by atoms with Gasteiger partial charge >= 0.3 is 0 Å². The van der Waals surface area contributed by atoms with Crippen molar-refractivity contribution in [1.82, 2.24) is 10.2 Å². The summed E-state index contributed by atoms with van der Waals surface area (Å²) in [6, 6.07) is 1.27. The molecule has 0 saturated heterocycles. The van der Waals surface area contributed by atoms with Crippen LogP contribution in [0, 0.1) is 5.92 Å². The highest BCUT2D eigenvalue weighted by Gasteiger charge is 2.21. The van der Waals surface area contributed by atoms with Crippen molar-refractivity contribution in [2.45, 2.75) is 46.2 Å². The van der Waals surface area contributed by atoms with Crippen LogP contribution in [0.15, 0.2) is 12.2 Å². The Morgan fingerprint density at radius 2 is 1.93 bits per heavy atom. The Balaban J connectivity index is 2.45. The van der Waals surface area contributed by atoms with Crippen LogP contribution >= 0.6 is 0 Å². The minimum absolute atomic E-state index is 0.589. The van der Waals surface area contributed by atoms with E-state index in [1.807, 2.05) is 0 Å². The standard InChI is InChI=1S/C13H26N2/c1-11(2)13(10-14-12(3)4)15-8-6-5-7-9-15/h5-6,11-14H,7-10H2,1-4H3. The van der Waals surface area contributed by atoms with Crippen molar-refractivity contribution in [3.8, 4) is 0 Å². The van der Waals surface area contributed by atoms with Gasteiger partial charge in [-0.15, -0.1) is 0 Å². The van der Waals surface area contributed by atoms with Crippen LogP contribution in [-0.2, 0) is 0 Å². The zero-order chi connectivity index (χ0) is 11.3. The largest absolute Gasteiger partial charge is 0.313 e. The molecule has 1 rings (SSSR count). The molecule has 0 fully saturated rings. The molecule has 1 aliphatic rings. The number of nitrogens with one attached hydrogen (secondary N) is 1. The summed E-state index contributed by atoms with van der Waals surface area (Å²) in [7, 11) is 0. The Morgan fingerprint density at radius 3 is 2.40 bits per heavy atom. The molecule has 1 N–H and O–H groups in total. The summed E-state index contributed by atoms with van der Waals surface area (Å²) in [5.74, 6) is 0.725. The molecule has 0 amide bonds. The molecule has 0 bridgehead atoms. The second kappa shape index (κ2) is 6.29. The summed E-state index contributed by atoms with van der Waals surface area (Å²) in [6.45, 7) is 12.5. The van der Waals surface area contributed by atoms with Gasteiger partial charge in [0.2, 0.25) is 0 Å². The molecule has 2 nitrogen and oxygen atoms in total. The van der Waals surface area contributed by atoms with Gasteiger partial charge in [0.15, 0.2) is 0 Å². The van der Waals surface area contributed by atoms with Crippen molar-refractivity contribution in [1.29, 1.82) is 0 Å². The van der Waals surface area contributed by atoms with Crippen molar-refractivity contribution in [2.75, 3.05) is 19.6 Å². The Bertz CT molecular complexity index is 197. The lowest BCUT2D eigenvalue weighted by Crippen LogP contribution is -2.48. The summed E-state index contributed by atoms with van der Waals surface area (Å²) in [5, 5.41) is 3.56. The molecule has 15 heavy (non-hydrogen) atoms. The molecule has 0 saturated carbocycles. The summed E-state index contributed by atoms with van der Waals surface area (Å²) in [6.07, 6.45) is 5.81. The first-order valence-corrected chi connectivity index (χ1v) is 6.23. The molecule has 0 radical (unpaired) electrons. The molecule has 1 heterocycles. The molecule has 0 aromatic carbocycles. The van der Waals surface area contributed by atoms with Gasteiger partial charge in [0, 0.05) is 31.7 Å². The van der Waals surface area contributed by atoms with Crippen LogP contribution in [0.25, 0.3) is 0 Å². The minimum Gasteiger partial charge on any atom is -0.313 e. The highest BCUT2D eigenvalue weighted by molar-refractivity contribution is 4.94. The van der Waals surface area contributed by atoms with Crippen molar-refractivity contribution in [2.24, 2.45) is 5.92 Å². The molecule has 0 aliphatic carbocycles. The lowest BCUT2D eigenvalue weighted by molar-refractivity contribution is 0.162. The van der Waals surface area contributed by atoms with E-state index < -0.39 is 0 Å². The highest BCUT2D eigenvalue weighted by atomic mass is 15.2. The first-order valence-electron chi connectivity index (χ1n) is 6.23. The summed E-state index contributed by atoms with van der Waals surface area (Å²) >= 11 is 0. The number of rotatable bonds is 5. The molecule has 0 aromatic heterocycles. The van der Waals surface area contributed by atoms with Crippen LogP contribution in [0.1, 0.15) is 34.1 Å². The normalized spacial score (nSPS) is 20.1. The molecular weight excluding hydrogens is 184 g/mol. The monoisotopic (exact) mass is 210 g/mol. The van der Waals surface area contributed by atoms with E-state index in [-0.39, 0.29) is 0 Å². The third kappa shape index (κ3) is 4.35. The fourth-order valence-electron chi connectivity index (χ4n) is 2.10. The molecule has 0 spiro atoms. The Morgan fingerprint density at radius 1 is 1.20 bits per heavy atom. The third-order valence-corrected chi connectivity index (χ3v) is 3.06. The van der Waals surface area contributed by atoms with Gasteiger partial charge in [0.25, 0.3) is 0 Å². The van der Waals surface area contributed by atoms with Crippen molar-refractivity contribution in [3.05, 3.63) is 12.2 Å². The minimum atomic E-state index is 0.589. The second-order valence-electron chi connectivity index (χ2n) is 5.13. The van der Waals surface area contributed by atoms with E-state index in [2.05, 4.69) is 50.1 Å². The molecule has 1 aliphatic heterocycles. The van der Waals surface area contributed by atoms with Gasteiger partial charge in [-0.25, -0.2) is 0 Å². The SMILES string of the molecule is CC(C)NCC(C(C)C)N1CC=CCC1. The van der Waals surface area contributed by atoms with Gasteiger partial charge in [-0.2, -0.15) is 0 Å². The maximum absolute atomic E-state index is 3.56. The lowest BCUT2D eigenvalue weighted by Gasteiger charge is -2.35. The predicted molar refractivity (Wildman–Crippen MR) is 67.1 cm³/mol. The summed E-state index contributed by atoms with van der Waals surface area (Å²) in [5.41, 5.74) is 0. The van der Waals surface area contributed by atoms with Crippen LogP contribution < -0.4 is 5.32 Å². The van der Waals surface area contributed by atoms with Gasteiger partial charge in [-0.1, -0.05) is 39.8 Å². The van der Waals surface area contributed by atoms with Gasteiger partial charge in [0.05, 0.1) is 0 Å². The molecular formula is C13H26N2. The van der Waals surface area contributed by atoms with E-state index in [0.717, 1.165) is 19.0 Å². The van der Waals surface area contributed by atoms with Crippen molar-refractivity contribution >= 4 is 0 Å². The average Bonchev–Trinajstić information content (AvgIpc) is 2.18. The lowest BCUT2D eigenvalue weighted by atomic mass is 10.0.